The lowest BCUT2D eigenvalue weighted by Crippen LogP contribution is -2.30. The van der Waals surface area contributed by atoms with Crippen molar-refractivity contribution < 1.29 is 8.42 Å². The quantitative estimate of drug-likeness (QED) is 0.533. The maximum Gasteiger partial charge on any atom is 0.211 e. The average Bonchev–Trinajstić information content (AvgIpc) is 2.12. The highest BCUT2D eigenvalue weighted by atomic mass is 35.5. The minimum Gasteiger partial charge on any atom is -0.215 e. The van der Waals surface area contributed by atoms with Gasteiger partial charge in [0.25, 0.3) is 0 Å². The van der Waals surface area contributed by atoms with Crippen LogP contribution >= 0.6 is 11.6 Å². The highest BCUT2D eigenvalue weighted by Crippen LogP contribution is 2.01. The summed E-state index contributed by atoms with van der Waals surface area (Å²) in [6.45, 7) is 2.10. The number of nitriles is 1. The number of rotatable bonds is 7. The molecule has 0 radical (unpaired) electrons. The Hall–Kier alpha value is -0.310. The Morgan fingerprint density at radius 1 is 1.57 bits per heavy atom. The van der Waals surface area contributed by atoms with Gasteiger partial charge in [0.05, 0.1) is 11.8 Å². The fraction of sp³-hybridized carbons (Fsp3) is 0.875. The molecule has 0 aliphatic heterocycles. The molecule has 0 rings (SSSR count). The second-order valence-corrected chi connectivity index (χ2v) is 5.36. The number of nitrogens with zero attached hydrogens (tertiary/aromatic N) is 1. The fourth-order valence-corrected chi connectivity index (χ4v) is 2.55. The zero-order valence-electron chi connectivity index (χ0n) is 8.16. The molecule has 0 aromatic carbocycles. The van der Waals surface area contributed by atoms with E-state index in [2.05, 4.69) is 4.72 Å². The van der Waals surface area contributed by atoms with Gasteiger partial charge in [-0.1, -0.05) is 6.92 Å². The summed E-state index contributed by atoms with van der Waals surface area (Å²) in [6, 6.07) is 1.95. The summed E-state index contributed by atoms with van der Waals surface area (Å²) in [5.74, 6) is 0.326. The monoisotopic (exact) mass is 238 g/mol. The van der Waals surface area contributed by atoms with E-state index in [0.29, 0.717) is 25.3 Å². The van der Waals surface area contributed by atoms with Crippen molar-refractivity contribution in [2.45, 2.75) is 19.8 Å². The van der Waals surface area contributed by atoms with Gasteiger partial charge in [0.2, 0.25) is 10.0 Å². The van der Waals surface area contributed by atoms with E-state index in [1.54, 1.807) is 6.92 Å². The van der Waals surface area contributed by atoms with E-state index >= 15 is 0 Å². The Labute approximate surface area is 90.3 Å². The van der Waals surface area contributed by atoms with Crippen molar-refractivity contribution in [1.29, 1.82) is 5.26 Å². The maximum atomic E-state index is 11.3. The molecule has 4 nitrogen and oxygen atoms in total. The second-order valence-electron chi connectivity index (χ2n) is 3.20. The molecule has 0 amide bonds. The first-order valence-corrected chi connectivity index (χ1v) is 6.60. The van der Waals surface area contributed by atoms with Gasteiger partial charge in [-0.3, -0.25) is 0 Å². The number of unbranched alkanes of at least 4 members (excludes halogenated alkanes) is 1. The van der Waals surface area contributed by atoms with Crippen LogP contribution in [0.3, 0.4) is 0 Å². The summed E-state index contributed by atoms with van der Waals surface area (Å²) in [4.78, 5) is 0. The first kappa shape index (κ1) is 13.7. The fourth-order valence-electron chi connectivity index (χ4n) is 0.873. The van der Waals surface area contributed by atoms with Crippen molar-refractivity contribution in [3.63, 3.8) is 0 Å². The molecular weight excluding hydrogens is 224 g/mol. The zero-order valence-corrected chi connectivity index (χ0v) is 9.74. The van der Waals surface area contributed by atoms with Gasteiger partial charge in [-0.25, -0.2) is 13.1 Å². The van der Waals surface area contributed by atoms with Crippen LogP contribution in [0.15, 0.2) is 0 Å². The Bertz CT molecular complexity index is 284. The van der Waals surface area contributed by atoms with Crippen LogP contribution in [0.2, 0.25) is 0 Å². The molecule has 0 aromatic heterocycles. The van der Waals surface area contributed by atoms with E-state index in [-0.39, 0.29) is 11.7 Å². The van der Waals surface area contributed by atoms with E-state index < -0.39 is 10.0 Å². The van der Waals surface area contributed by atoms with Gasteiger partial charge in [-0.15, -0.1) is 11.6 Å². The van der Waals surface area contributed by atoms with Gasteiger partial charge < -0.3 is 0 Å². The van der Waals surface area contributed by atoms with Gasteiger partial charge in [-0.05, 0) is 12.3 Å². The molecule has 0 spiro atoms. The summed E-state index contributed by atoms with van der Waals surface area (Å²) in [5, 5.41) is 8.23. The van der Waals surface area contributed by atoms with Gasteiger partial charge in [0.1, 0.15) is 0 Å². The predicted octanol–water partition coefficient (Wildman–Crippen LogP) is 1.08. The number of nitrogens with one attached hydrogen (secondary N) is 1. The first-order chi connectivity index (χ1) is 6.52. The minimum atomic E-state index is -3.22. The lowest BCUT2D eigenvalue weighted by atomic mass is 10.3. The predicted molar refractivity (Wildman–Crippen MR) is 56.5 cm³/mol. The van der Waals surface area contributed by atoms with Crippen LogP contribution in [0, 0.1) is 17.2 Å². The van der Waals surface area contributed by atoms with Gasteiger partial charge >= 0.3 is 0 Å². The van der Waals surface area contributed by atoms with Crippen molar-refractivity contribution in [3.8, 4) is 6.07 Å². The average molecular weight is 239 g/mol. The first-order valence-electron chi connectivity index (χ1n) is 4.42. The maximum absolute atomic E-state index is 11.3. The topological polar surface area (TPSA) is 70.0 Å². The Kier molecular flexibility index (Phi) is 6.89. The molecule has 0 saturated carbocycles. The molecule has 0 heterocycles. The number of hydrogen-bond donors (Lipinski definition) is 1. The van der Waals surface area contributed by atoms with Crippen molar-refractivity contribution >= 4 is 21.6 Å². The van der Waals surface area contributed by atoms with Crippen LogP contribution in [0.1, 0.15) is 19.8 Å². The van der Waals surface area contributed by atoms with E-state index in [1.807, 2.05) is 6.07 Å². The number of halogens is 1. The number of sulfonamides is 1. The van der Waals surface area contributed by atoms with Crippen molar-refractivity contribution in [3.05, 3.63) is 0 Å². The summed E-state index contributed by atoms with van der Waals surface area (Å²) < 4.78 is 25.0. The summed E-state index contributed by atoms with van der Waals surface area (Å²) >= 11 is 5.51. The lowest BCUT2D eigenvalue weighted by Gasteiger charge is -2.09. The van der Waals surface area contributed by atoms with E-state index in [1.165, 1.54) is 0 Å². The van der Waals surface area contributed by atoms with Gasteiger partial charge in [0.15, 0.2) is 0 Å². The van der Waals surface area contributed by atoms with Crippen LogP contribution in [-0.2, 0) is 10.0 Å². The van der Waals surface area contributed by atoms with Crippen LogP contribution < -0.4 is 4.72 Å². The highest BCUT2D eigenvalue weighted by molar-refractivity contribution is 7.89. The minimum absolute atomic E-state index is 0.0447. The third kappa shape index (κ3) is 7.13. The van der Waals surface area contributed by atoms with Crippen molar-refractivity contribution in [1.82, 2.24) is 4.72 Å². The summed E-state index contributed by atoms with van der Waals surface area (Å²) in [7, 11) is -3.22. The van der Waals surface area contributed by atoms with Crippen LogP contribution in [0.4, 0.5) is 0 Å². The molecular formula is C8H15ClN2O2S. The van der Waals surface area contributed by atoms with E-state index in [4.69, 9.17) is 16.9 Å². The molecule has 0 fully saturated rings. The molecule has 1 atom stereocenters. The molecule has 0 aliphatic rings. The molecule has 0 aliphatic carbocycles. The standard InChI is InChI=1S/C8H15ClN2O2S/c1-8(6-9)7-14(12,13)11-5-3-2-4-10/h8,11H,2-3,5-7H2,1H3. The SMILES string of the molecule is CC(CCl)CS(=O)(=O)NCCCC#N. The molecule has 1 unspecified atom stereocenters. The van der Waals surface area contributed by atoms with Gasteiger partial charge in [-0.2, -0.15) is 5.26 Å². The molecule has 1 N–H and O–H groups in total. The van der Waals surface area contributed by atoms with Crippen molar-refractivity contribution in [2.75, 3.05) is 18.2 Å². The lowest BCUT2D eigenvalue weighted by molar-refractivity contribution is 0.567. The molecule has 6 heteroatoms. The highest BCUT2D eigenvalue weighted by Gasteiger charge is 2.13. The Morgan fingerprint density at radius 2 is 2.21 bits per heavy atom. The van der Waals surface area contributed by atoms with Crippen LogP contribution in [-0.4, -0.2) is 26.6 Å². The van der Waals surface area contributed by atoms with Crippen molar-refractivity contribution in [2.24, 2.45) is 5.92 Å². The largest absolute Gasteiger partial charge is 0.215 e. The van der Waals surface area contributed by atoms with Gasteiger partial charge in [0, 0.05) is 18.8 Å². The third-order valence-corrected chi connectivity index (χ3v) is 3.73. The molecule has 0 saturated heterocycles. The normalized spacial score (nSPS) is 13.5. The Balaban J connectivity index is 3.80. The van der Waals surface area contributed by atoms with E-state index in [9.17, 15) is 8.42 Å². The number of alkyl halides is 1. The Morgan fingerprint density at radius 3 is 2.71 bits per heavy atom. The van der Waals surface area contributed by atoms with Crippen LogP contribution in [0.25, 0.3) is 0 Å². The summed E-state index contributed by atoms with van der Waals surface area (Å²) in [6.07, 6.45) is 0.915. The molecule has 14 heavy (non-hydrogen) atoms. The summed E-state index contributed by atoms with van der Waals surface area (Å²) in [5.41, 5.74) is 0. The molecule has 0 bridgehead atoms. The smallest absolute Gasteiger partial charge is 0.211 e. The number of hydrogen-bond acceptors (Lipinski definition) is 3. The van der Waals surface area contributed by atoms with E-state index in [0.717, 1.165) is 0 Å². The molecule has 0 aromatic rings. The van der Waals surface area contributed by atoms with Crippen LogP contribution in [0.5, 0.6) is 0 Å². The third-order valence-electron chi connectivity index (χ3n) is 1.55. The second kappa shape index (κ2) is 7.04. The zero-order chi connectivity index (χ0) is 11.0. The molecule has 82 valence electrons.